The van der Waals surface area contributed by atoms with Crippen molar-refractivity contribution >= 4 is 12.1 Å². The summed E-state index contributed by atoms with van der Waals surface area (Å²) in [6, 6.07) is 7.55. The van der Waals surface area contributed by atoms with Gasteiger partial charge in [0, 0.05) is 6.42 Å². The molecule has 0 saturated heterocycles. The second-order valence-electron chi connectivity index (χ2n) is 5.34. The topological polar surface area (TPSA) is 69.2 Å². The lowest BCUT2D eigenvalue weighted by Gasteiger charge is -2.19. The third-order valence-electron chi connectivity index (χ3n) is 2.40. The average Bonchev–Trinajstić information content (AvgIpc) is 2.43. The lowest BCUT2D eigenvalue weighted by atomic mass is 10.1. The van der Waals surface area contributed by atoms with Gasteiger partial charge >= 0.3 is 14.9 Å². The van der Waals surface area contributed by atoms with E-state index >= 15 is 0 Å². The van der Waals surface area contributed by atoms with E-state index in [1.807, 2.05) is 6.07 Å². The summed E-state index contributed by atoms with van der Waals surface area (Å²) < 4.78 is 25.7. The molecule has 5 nitrogen and oxygen atoms in total. The van der Waals surface area contributed by atoms with E-state index in [9.17, 15) is 9.59 Å². The number of methoxy groups -OCH3 is 1. The molecule has 0 aliphatic carbocycles. The molecular weight excluding hydrogens is 258 g/mol. The maximum atomic E-state index is 12.1. The molecule has 0 heterocycles. The number of esters is 1. The maximum absolute atomic E-state index is 12.1. The Morgan fingerprint density at radius 1 is 1.30 bits per heavy atom. The first kappa shape index (κ1) is 13.1. The number of rotatable bonds is 4. The number of primary amides is 1. The number of hydrogen-bond acceptors (Lipinski definition) is 4. The molecule has 2 N–H and O–H groups in total. The Labute approximate surface area is 122 Å². The monoisotopic (exact) mass is 282 g/mol. The van der Waals surface area contributed by atoms with Gasteiger partial charge in [-0.2, -0.15) is 4.79 Å². The van der Waals surface area contributed by atoms with Gasteiger partial charge in [0.1, 0.15) is 5.60 Å². The number of nitrogens with two attached hydrogens (primary N) is 1. The van der Waals surface area contributed by atoms with Crippen LogP contribution in [0.4, 0.5) is 4.79 Å². The smallest absolute Gasteiger partial charge is 0.465 e. The third-order valence-corrected chi connectivity index (χ3v) is 2.40. The normalized spacial score (nSPS) is 14.8. The van der Waals surface area contributed by atoms with Gasteiger partial charge in [-0.05, 0) is 26.3 Å². The number of hydrogen-bond donors (Lipinski definition) is 1. The van der Waals surface area contributed by atoms with E-state index in [2.05, 4.69) is 4.74 Å². The predicted octanol–water partition coefficient (Wildman–Crippen LogP) is 1.27. The number of amides is 1. The summed E-state index contributed by atoms with van der Waals surface area (Å²) in [5.74, 6) is -0.806. The van der Waals surface area contributed by atoms with Crippen molar-refractivity contribution in [2.75, 3.05) is 7.11 Å². The Morgan fingerprint density at radius 2 is 1.90 bits per heavy atom. The van der Waals surface area contributed by atoms with Gasteiger partial charge in [0.2, 0.25) is 0 Å². The molecule has 0 aliphatic heterocycles. The molecule has 5 heteroatoms. The van der Waals surface area contributed by atoms with Crippen molar-refractivity contribution < 1.29 is 27.2 Å². The van der Waals surface area contributed by atoms with Gasteiger partial charge < -0.3 is 9.47 Å². The maximum Gasteiger partial charge on any atom is 0.513 e. The van der Waals surface area contributed by atoms with Crippen LogP contribution in [0.2, 0.25) is 2.82 Å². The SMILES string of the molecule is [2H][N+]([2H])(C(=O)OC(C)(C)C)[C@@H](Cc1ccccc1)C(=O)OC. The number of carbonyl (C=O) groups is 2. The van der Waals surface area contributed by atoms with E-state index in [0.717, 1.165) is 12.7 Å². The summed E-state index contributed by atoms with van der Waals surface area (Å²) in [5, 5.41) is -1.72. The van der Waals surface area contributed by atoms with Crippen LogP contribution < -0.4 is 5.30 Å². The van der Waals surface area contributed by atoms with E-state index in [4.69, 9.17) is 7.56 Å². The highest BCUT2D eigenvalue weighted by atomic mass is 16.6. The third kappa shape index (κ3) is 5.84. The van der Waals surface area contributed by atoms with E-state index in [1.165, 1.54) is 0 Å². The fraction of sp³-hybridized carbons (Fsp3) is 0.467. The molecule has 0 aliphatic rings. The molecule has 1 aromatic carbocycles. The molecule has 0 radical (unpaired) electrons. The van der Waals surface area contributed by atoms with Gasteiger partial charge in [0.15, 0.2) is 6.04 Å². The minimum atomic E-state index is -1.72. The van der Waals surface area contributed by atoms with Crippen LogP contribution in [0.3, 0.4) is 0 Å². The van der Waals surface area contributed by atoms with Gasteiger partial charge in [-0.1, -0.05) is 30.3 Å². The molecule has 0 fully saturated rings. The Hall–Kier alpha value is -1.88. The average molecular weight is 282 g/mol. The molecule has 110 valence electrons. The Kier molecular flexibility index (Phi) is 4.62. The van der Waals surface area contributed by atoms with Gasteiger partial charge in [0.05, 0.1) is 7.11 Å². The zero-order valence-electron chi connectivity index (χ0n) is 14.3. The molecule has 1 rings (SSSR count). The quantitative estimate of drug-likeness (QED) is 0.844. The zero-order valence-corrected chi connectivity index (χ0v) is 12.3. The summed E-state index contributed by atoms with van der Waals surface area (Å²) in [7, 11) is 1.16. The molecule has 1 aromatic rings. The minimum absolute atomic E-state index is 0.0275. The predicted molar refractivity (Wildman–Crippen MR) is 74.1 cm³/mol. The van der Waals surface area contributed by atoms with Crippen LogP contribution in [0.5, 0.6) is 0 Å². The van der Waals surface area contributed by atoms with E-state index in [-0.39, 0.29) is 6.42 Å². The van der Waals surface area contributed by atoms with Gasteiger partial charge in [-0.3, -0.25) is 0 Å². The van der Waals surface area contributed by atoms with Gasteiger partial charge in [-0.15, -0.1) is 0 Å². The summed E-state index contributed by atoms with van der Waals surface area (Å²) >= 11 is 0. The highest BCUT2D eigenvalue weighted by molar-refractivity contribution is 5.76. The Balaban J connectivity index is 3.04. The fourth-order valence-corrected chi connectivity index (χ4v) is 1.57. The van der Waals surface area contributed by atoms with Crippen molar-refractivity contribution in [3.8, 4) is 0 Å². The van der Waals surface area contributed by atoms with Crippen LogP contribution in [0.25, 0.3) is 0 Å². The molecule has 0 aromatic heterocycles. The van der Waals surface area contributed by atoms with E-state index < -0.39 is 29.0 Å². The largest absolute Gasteiger partial charge is 0.513 e. The summed E-state index contributed by atoms with van der Waals surface area (Å²) in [5.41, 5.74) is -0.126. The number of benzene rings is 1. The minimum Gasteiger partial charge on any atom is -0.465 e. The lowest BCUT2D eigenvalue weighted by molar-refractivity contribution is -0.598. The van der Waals surface area contributed by atoms with Gasteiger partial charge in [0.25, 0.3) is 0 Å². The van der Waals surface area contributed by atoms with Crippen molar-refractivity contribution in [2.45, 2.75) is 38.8 Å². The van der Waals surface area contributed by atoms with Crippen LogP contribution in [-0.4, -0.2) is 30.8 Å². The second kappa shape index (κ2) is 7.05. The first-order valence-corrected chi connectivity index (χ1v) is 6.37. The van der Waals surface area contributed by atoms with Gasteiger partial charge in [-0.25, -0.2) is 10.1 Å². The first-order chi connectivity index (χ1) is 10.1. The molecule has 0 unspecified atom stereocenters. The van der Waals surface area contributed by atoms with Crippen LogP contribution >= 0.6 is 0 Å². The van der Waals surface area contributed by atoms with E-state index in [1.54, 1.807) is 45.0 Å². The molecule has 20 heavy (non-hydrogen) atoms. The number of carbonyl (C=O) groups excluding carboxylic acids is 2. The summed E-state index contributed by atoms with van der Waals surface area (Å²) in [6.07, 6.45) is -1.10. The van der Waals surface area contributed by atoms with Crippen molar-refractivity contribution in [1.82, 2.24) is 0 Å². The molecule has 1 atom stereocenters. The standard InChI is InChI=1S/C15H21NO4/c1-15(2,3)20-14(18)16-12(13(17)19-4)10-11-8-6-5-7-9-11/h5-9,12H,10H2,1-4H3,(H,16,18)/p+1/t12-/m0/s1/i/hD2. The van der Waals surface area contributed by atoms with Crippen molar-refractivity contribution in [3.05, 3.63) is 35.9 Å². The van der Waals surface area contributed by atoms with Crippen molar-refractivity contribution in [2.24, 2.45) is 0 Å². The fourth-order valence-electron chi connectivity index (χ4n) is 1.57. The highest BCUT2D eigenvalue weighted by Crippen LogP contribution is 2.06. The molecule has 0 bridgehead atoms. The van der Waals surface area contributed by atoms with Crippen molar-refractivity contribution in [1.29, 1.82) is 0 Å². The summed E-state index contributed by atoms with van der Waals surface area (Å²) in [6.45, 7) is 4.90. The molecular formula is C15H22NO4+. The first-order valence-electron chi connectivity index (χ1n) is 7.27. The molecule has 1 amide bonds. The molecule has 0 saturated carbocycles. The zero-order chi connectivity index (χ0) is 17.0. The Morgan fingerprint density at radius 3 is 2.40 bits per heavy atom. The van der Waals surface area contributed by atoms with E-state index in [0.29, 0.717) is 0 Å². The second-order valence-corrected chi connectivity index (χ2v) is 5.34. The summed E-state index contributed by atoms with van der Waals surface area (Å²) in [4.78, 5) is 24.0. The molecule has 0 spiro atoms. The lowest BCUT2D eigenvalue weighted by Crippen LogP contribution is -2.96. The van der Waals surface area contributed by atoms with Crippen LogP contribution in [0.1, 0.15) is 26.3 Å². The number of quaternary nitrogens is 1. The van der Waals surface area contributed by atoms with Crippen LogP contribution in [0.15, 0.2) is 30.3 Å². The highest BCUT2D eigenvalue weighted by Gasteiger charge is 2.29. The Bertz CT molecular complexity index is 526. The van der Waals surface area contributed by atoms with Crippen molar-refractivity contribution in [3.63, 3.8) is 0 Å². The van der Waals surface area contributed by atoms with Crippen LogP contribution in [0, 0.1) is 0 Å². The van der Waals surface area contributed by atoms with Crippen LogP contribution in [-0.2, 0) is 20.7 Å². The number of ether oxygens (including phenoxy) is 2.